The fraction of sp³-hybridized carbons (Fsp3) is 0.533. The molecule has 0 atom stereocenters. The van der Waals surface area contributed by atoms with Gasteiger partial charge in [-0.15, -0.1) is 0 Å². The lowest BCUT2D eigenvalue weighted by molar-refractivity contribution is -0.120. The average molecular weight is 259 g/mol. The first-order chi connectivity index (χ1) is 9.10. The summed E-state index contributed by atoms with van der Waals surface area (Å²) in [7, 11) is 0. The highest BCUT2D eigenvalue weighted by Crippen LogP contribution is 2.58. The summed E-state index contributed by atoms with van der Waals surface area (Å²) in [5, 5.41) is 0. The number of hydrogen-bond acceptors (Lipinski definition) is 3. The van der Waals surface area contributed by atoms with Crippen molar-refractivity contribution in [2.75, 3.05) is 22.9 Å². The predicted molar refractivity (Wildman–Crippen MR) is 78.1 cm³/mol. The normalized spacial score (nSPS) is 19.0. The number of nitrogen functional groups attached to an aromatic ring is 2. The molecule has 102 valence electrons. The number of unbranched alkanes of at least 4 members (excludes halogenated alkanes) is 2. The van der Waals surface area contributed by atoms with Crippen LogP contribution in [-0.4, -0.2) is 12.5 Å². The lowest BCUT2D eigenvalue weighted by Crippen LogP contribution is -2.32. The molecule has 1 heterocycles. The number of hydrogen-bond donors (Lipinski definition) is 2. The fourth-order valence-corrected chi connectivity index (χ4v) is 3.06. The zero-order valence-electron chi connectivity index (χ0n) is 11.4. The minimum absolute atomic E-state index is 0.253. The van der Waals surface area contributed by atoms with Gasteiger partial charge < -0.3 is 16.4 Å². The van der Waals surface area contributed by atoms with E-state index in [1.54, 1.807) is 0 Å². The number of nitrogens with zero attached hydrogens (tertiary/aromatic N) is 1. The molecule has 19 heavy (non-hydrogen) atoms. The Morgan fingerprint density at radius 1 is 1.21 bits per heavy atom. The molecule has 1 aromatic carbocycles. The van der Waals surface area contributed by atoms with Gasteiger partial charge in [0.15, 0.2) is 0 Å². The van der Waals surface area contributed by atoms with Crippen LogP contribution in [0.4, 0.5) is 17.1 Å². The van der Waals surface area contributed by atoms with Crippen molar-refractivity contribution in [3.05, 3.63) is 17.7 Å². The van der Waals surface area contributed by atoms with E-state index in [9.17, 15) is 4.79 Å². The van der Waals surface area contributed by atoms with E-state index in [1.807, 2.05) is 17.0 Å². The number of carbonyl (C=O) groups is 1. The van der Waals surface area contributed by atoms with Gasteiger partial charge in [-0.2, -0.15) is 0 Å². The predicted octanol–water partition coefficient (Wildman–Crippen LogP) is 2.42. The number of amides is 1. The van der Waals surface area contributed by atoms with Crippen molar-refractivity contribution in [2.45, 2.75) is 44.4 Å². The van der Waals surface area contributed by atoms with E-state index in [4.69, 9.17) is 11.5 Å². The maximum atomic E-state index is 12.6. The van der Waals surface area contributed by atoms with Crippen molar-refractivity contribution in [1.29, 1.82) is 0 Å². The lowest BCUT2D eigenvalue weighted by atomic mass is 9.97. The summed E-state index contributed by atoms with van der Waals surface area (Å²) < 4.78 is 0. The van der Waals surface area contributed by atoms with Gasteiger partial charge in [0.1, 0.15) is 0 Å². The number of nitrogens with two attached hydrogens (primary N) is 2. The molecule has 1 aromatic rings. The van der Waals surface area contributed by atoms with Crippen molar-refractivity contribution < 1.29 is 4.79 Å². The van der Waals surface area contributed by atoms with Crippen LogP contribution in [-0.2, 0) is 10.2 Å². The van der Waals surface area contributed by atoms with Gasteiger partial charge in [0.05, 0.1) is 22.5 Å². The van der Waals surface area contributed by atoms with E-state index in [1.165, 1.54) is 0 Å². The van der Waals surface area contributed by atoms with Crippen molar-refractivity contribution in [3.63, 3.8) is 0 Å². The van der Waals surface area contributed by atoms with E-state index in [2.05, 4.69) is 6.92 Å². The minimum atomic E-state index is -0.261. The van der Waals surface area contributed by atoms with Gasteiger partial charge in [0.2, 0.25) is 5.91 Å². The zero-order chi connectivity index (χ0) is 13.6. The van der Waals surface area contributed by atoms with Gasteiger partial charge in [0, 0.05) is 6.54 Å². The summed E-state index contributed by atoms with van der Waals surface area (Å²) in [6.45, 7) is 2.96. The molecule has 0 unspecified atom stereocenters. The molecule has 1 spiro atoms. The summed E-state index contributed by atoms with van der Waals surface area (Å²) >= 11 is 0. The zero-order valence-corrected chi connectivity index (χ0v) is 11.4. The molecule has 1 aliphatic carbocycles. The summed E-state index contributed by atoms with van der Waals surface area (Å²) in [4.78, 5) is 14.5. The Labute approximate surface area is 113 Å². The minimum Gasteiger partial charge on any atom is -0.397 e. The molecule has 1 fully saturated rings. The van der Waals surface area contributed by atoms with Crippen LogP contribution >= 0.6 is 0 Å². The first kappa shape index (κ1) is 12.3. The Balaban J connectivity index is 1.96. The van der Waals surface area contributed by atoms with Crippen molar-refractivity contribution in [1.82, 2.24) is 0 Å². The van der Waals surface area contributed by atoms with Crippen LogP contribution in [0.2, 0.25) is 0 Å². The van der Waals surface area contributed by atoms with Crippen LogP contribution in [0.5, 0.6) is 0 Å². The molecule has 2 aliphatic rings. The quantitative estimate of drug-likeness (QED) is 0.644. The molecule has 0 aromatic heterocycles. The van der Waals surface area contributed by atoms with Gasteiger partial charge in [-0.05, 0) is 37.0 Å². The summed E-state index contributed by atoms with van der Waals surface area (Å²) in [6.07, 6.45) is 5.25. The molecule has 4 heteroatoms. The van der Waals surface area contributed by atoms with Crippen LogP contribution < -0.4 is 16.4 Å². The van der Waals surface area contributed by atoms with Crippen LogP contribution in [0, 0.1) is 0 Å². The van der Waals surface area contributed by atoms with Gasteiger partial charge in [-0.3, -0.25) is 4.79 Å². The molecular formula is C15H21N3O. The van der Waals surface area contributed by atoms with Crippen LogP contribution in [0.25, 0.3) is 0 Å². The van der Waals surface area contributed by atoms with E-state index < -0.39 is 0 Å². The molecule has 4 N–H and O–H groups in total. The number of benzene rings is 1. The third kappa shape index (κ3) is 1.70. The average Bonchev–Trinajstić information content (AvgIpc) is 3.15. The van der Waals surface area contributed by atoms with Crippen LogP contribution in [0.1, 0.15) is 44.6 Å². The molecule has 1 saturated carbocycles. The molecule has 0 saturated heterocycles. The van der Waals surface area contributed by atoms with Crippen molar-refractivity contribution in [2.24, 2.45) is 0 Å². The Morgan fingerprint density at radius 3 is 2.53 bits per heavy atom. The fourth-order valence-electron chi connectivity index (χ4n) is 3.06. The number of anilines is 3. The first-order valence-electron chi connectivity index (χ1n) is 7.11. The van der Waals surface area contributed by atoms with Crippen LogP contribution in [0.15, 0.2) is 12.1 Å². The van der Waals surface area contributed by atoms with Crippen LogP contribution in [0.3, 0.4) is 0 Å². The maximum absolute atomic E-state index is 12.6. The van der Waals surface area contributed by atoms with Gasteiger partial charge >= 0.3 is 0 Å². The smallest absolute Gasteiger partial charge is 0.237 e. The van der Waals surface area contributed by atoms with Crippen molar-refractivity contribution >= 4 is 23.0 Å². The topological polar surface area (TPSA) is 72.3 Å². The summed E-state index contributed by atoms with van der Waals surface area (Å²) in [5.74, 6) is 0.253. The second-order valence-electron chi connectivity index (χ2n) is 5.74. The monoisotopic (exact) mass is 259 g/mol. The van der Waals surface area contributed by atoms with E-state index in [0.717, 1.165) is 49.9 Å². The summed E-state index contributed by atoms with van der Waals surface area (Å²) in [6, 6.07) is 3.79. The second-order valence-corrected chi connectivity index (χ2v) is 5.74. The van der Waals surface area contributed by atoms with Crippen molar-refractivity contribution in [3.8, 4) is 0 Å². The highest BCUT2D eigenvalue weighted by molar-refractivity contribution is 6.11. The highest BCUT2D eigenvalue weighted by atomic mass is 16.2. The molecule has 3 rings (SSSR count). The number of fused-ring (bicyclic) bond motifs is 2. The first-order valence-corrected chi connectivity index (χ1v) is 7.11. The Kier molecular flexibility index (Phi) is 2.69. The lowest BCUT2D eigenvalue weighted by Gasteiger charge is -2.18. The maximum Gasteiger partial charge on any atom is 0.237 e. The van der Waals surface area contributed by atoms with Gasteiger partial charge in [-0.25, -0.2) is 0 Å². The van der Waals surface area contributed by atoms with E-state index in [0.29, 0.717) is 11.4 Å². The third-order valence-electron chi connectivity index (χ3n) is 4.40. The largest absolute Gasteiger partial charge is 0.397 e. The second kappa shape index (κ2) is 4.15. The van der Waals surface area contributed by atoms with Gasteiger partial charge in [-0.1, -0.05) is 19.8 Å². The Hall–Kier alpha value is -1.71. The molecule has 0 bridgehead atoms. The third-order valence-corrected chi connectivity index (χ3v) is 4.40. The standard InChI is InChI=1S/C15H21N3O/c1-2-3-4-7-18-13-9-12(17)11(16)8-10(13)15(5-6-15)14(18)19/h8-9H,2-7,16-17H2,1H3. The Morgan fingerprint density at radius 2 is 1.89 bits per heavy atom. The van der Waals surface area contributed by atoms with E-state index >= 15 is 0 Å². The van der Waals surface area contributed by atoms with E-state index in [-0.39, 0.29) is 11.3 Å². The molecule has 1 aliphatic heterocycles. The molecule has 1 amide bonds. The number of carbonyl (C=O) groups excluding carboxylic acids is 1. The summed E-state index contributed by atoms with van der Waals surface area (Å²) in [5.41, 5.74) is 14.8. The molecular weight excluding hydrogens is 238 g/mol. The SMILES string of the molecule is CCCCCN1C(=O)C2(CC2)c2cc(N)c(N)cc21. The molecule has 4 nitrogen and oxygen atoms in total. The number of rotatable bonds is 4. The molecule has 0 radical (unpaired) electrons. The highest BCUT2D eigenvalue weighted by Gasteiger charge is 2.59. The van der Waals surface area contributed by atoms with Gasteiger partial charge in [0.25, 0.3) is 0 Å². The Bertz CT molecular complexity index is 534.